The van der Waals surface area contributed by atoms with E-state index in [-0.39, 0.29) is 6.42 Å². The third-order valence-corrected chi connectivity index (χ3v) is 3.25. The van der Waals surface area contributed by atoms with Gasteiger partial charge in [0.1, 0.15) is 0 Å². The van der Waals surface area contributed by atoms with Gasteiger partial charge < -0.3 is 0 Å². The van der Waals surface area contributed by atoms with Crippen LogP contribution in [-0.4, -0.2) is 0 Å². The SMILES string of the molecule is C=CC1=CCC(c2c(F)c(F)c(C)c(F)c2F)C=C1. The average molecular weight is 268 g/mol. The predicted octanol–water partition coefficient (Wildman–Crippen LogP) is 4.71. The first-order valence-electron chi connectivity index (χ1n) is 5.80. The van der Waals surface area contributed by atoms with Crippen molar-refractivity contribution in [3.05, 3.63) is 70.9 Å². The van der Waals surface area contributed by atoms with Gasteiger partial charge in [0.2, 0.25) is 0 Å². The van der Waals surface area contributed by atoms with Gasteiger partial charge in [0.15, 0.2) is 23.3 Å². The Morgan fingerprint density at radius 2 is 1.68 bits per heavy atom. The Hall–Kier alpha value is -1.84. The van der Waals surface area contributed by atoms with Crippen molar-refractivity contribution in [3.63, 3.8) is 0 Å². The first kappa shape index (κ1) is 13.6. The fourth-order valence-electron chi connectivity index (χ4n) is 2.09. The van der Waals surface area contributed by atoms with Crippen molar-refractivity contribution >= 4 is 0 Å². The molecule has 2 rings (SSSR count). The molecule has 4 heteroatoms. The standard InChI is InChI=1S/C15H12F4/c1-3-9-4-6-10(7-5-9)11-14(18)12(16)8(2)13(17)15(11)19/h3-6,10H,1,7H2,2H3. The highest BCUT2D eigenvalue weighted by molar-refractivity contribution is 5.40. The molecule has 0 aliphatic heterocycles. The molecule has 0 N–H and O–H groups in total. The summed E-state index contributed by atoms with van der Waals surface area (Å²) in [6.07, 6.45) is 6.72. The van der Waals surface area contributed by atoms with Crippen LogP contribution < -0.4 is 0 Å². The van der Waals surface area contributed by atoms with E-state index in [0.717, 1.165) is 12.5 Å². The van der Waals surface area contributed by atoms with Gasteiger partial charge >= 0.3 is 0 Å². The molecule has 1 aromatic carbocycles. The van der Waals surface area contributed by atoms with Gasteiger partial charge in [0.05, 0.1) is 0 Å². The summed E-state index contributed by atoms with van der Waals surface area (Å²) < 4.78 is 54.6. The molecule has 1 aliphatic rings. The second-order valence-corrected chi connectivity index (χ2v) is 4.40. The molecular formula is C15H12F4. The lowest BCUT2D eigenvalue weighted by molar-refractivity contribution is 0.426. The molecule has 1 aliphatic carbocycles. The van der Waals surface area contributed by atoms with E-state index in [4.69, 9.17) is 0 Å². The second-order valence-electron chi connectivity index (χ2n) is 4.40. The molecule has 0 fully saturated rings. The lowest BCUT2D eigenvalue weighted by Gasteiger charge is -2.18. The maximum Gasteiger partial charge on any atom is 0.166 e. The smallest absolute Gasteiger partial charge is 0.166 e. The summed E-state index contributed by atoms with van der Waals surface area (Å²) in [5.74, 6) is -6.02. The van der Waals surface area contributed by atoms with Crippen LogP contribution in [0, 0.1) is 30.2 Å². The Labute approximate surface area is 108 Å². The van der Waals surface area contributed by atoms with E-state index >= 15 is 0 Å². The molecule has 0 spiro atoms. The molecule has 19 heavy (non-hydrogen) atoms. The molecule has 0 amide bonds. The van der Waals surface area contributed by atoms with Crippen molar-refractivity contribution in [1.82, 2.24) is 0 Å². The molecule has 0 aromatic heterocycles. The lowest BCUT2D eigenvalue weighted by Crippen LogP contribution is -2.10. The van der Waals surface area contributed by atoms with Crippen LogP contribution in [0.25, 0.3) is 0 Å². The summed E-state index contributed by atoms with van der Waals surface area (Å²) in [7, 11) is 0. The van der Waals surface area contributed by atoms with Crippen molar-refractivity contribution in [3.8, 4) is 0 Å². The molecule has 0 radical (unpaired) electrons. The first-order valence-corrected chi connectivity index (χ1v) is 5.80. The molecule has 1 atom stereocenters. The quantitative estimate of drug-likeness (QED) is 0.538. The van der Waals surface area contributed by atoms with Crippen LogP contribution in [0.2, 0.25) is 0 Å². The van der Waals surface area contributed by atoms with Crippen molar-refractivity contribution < 1.29 is 17.6 Å². The van der Waals surface area contributed by atoms with Crippen LogP contribution in [0.3, 0.4) is 0 Å². The predicted molar refractivity (Wildman–Crippen MR) is 65.8 cm³/mol. The van der Waals surface area contributed by atoms with E-state index in [1.54, 1.807) is 18.2 Å². The zero-order valence-corrected chi connectivity index (χ0v) is 10.3. The minimum atomic E-state index is -1.33. The second kappa shape index (κ2) is 5.03. The van der Waals surface area contributed by atoms with Gasteiger partial charge in [-0.25, -0.2) is 17.6 Å². The molecule has 100 valence electrons. The summed E-state index contributed by atoms with van der Waals surface area (Å²) in [6, 6.07) is 0. The first-order chi connectivity index (χ1) is 8.97. The minimum absolute atomic E-state index is 0.271. The minimum Gasteiger partial charge on any atom is -0.203 e. The van der Waals surface area contributed by atoms with E-state index in [9.17, 15) is 17.6 Å². The Bertz CT molecular complexity index is 568. The van der Waals surface area contributed by atoms with E-state index in [1.165, 1.54) is 6.08 Å². The third kappa shape index (κ3) is 2.23. The molecule has 1 unspecified atom stereocenters. The zero-order valence-electron chi connectivity index (χ0n) is 10.3. The molecule has 0 heterocycles. The van der Waals surface area contributed by atoms with Gasteiger partial charge in [-0.2, -0.15) is 0 Å². The topological polar surface area (TPSA) is 0 Å². The number of hydrogen-bond acceptors (Lipinski definition) is 0. The van der Waals surface area contributed by atoms with Gasteiger partial charge in [-0.3, -0.25) is 0 Å². The average Bonchev–Trinajstić information content (AvgIpc) is 2.44. The number of benzene rings is 1. The Kier molecular flexibility index (Phi) is 3.60. The van der Waals surface area contributed by atoms with E-state index < -0.39 is 40.3 Å². The molecule has 0 bridgehead atoms. The van der Waals surface area contributed by atoms with Gasteiger partial charge in [-0.15, -0.1) is 0 Å². The zero-order chi connectivity index (χ0) is 14.2. The molecule has 1 aromatic rings. The van der Waals surface area contributed by atoms with Crippen LogP contribution in [0.5, 0.6) is 0 Å². The Morgan fingerprint density at radius 3 is 2.11 bits per heavy atom. The highest BCUT2D eigenvalue weighted by atomic mass is 19.2. The molecular weight excluding hydrogens is 256 g/mol. The van der Waals surface area contributed by atoms with Crippen LogP contribution in [0.1, 0.15) is 23.5 Å². The number of allylic oxidation sites excluding steroid dienone is 5. The number of hydrogen-bond donors (Lipinski definition) is 0. The molecule has 0 saturated heterocycles. The summed E-state index contributed by atoms with van der Waals surface area (Å²) in [5, 5.41) is 0. The van der Waals surface area contributed by atoms with E-state index in [1.807, 2.05) is 0 Å². The highest BCUT2D eigenvalue weighted by Gasteiger charge is 2.27. The van der Waals surface area contributed by atoms with Gasteiger partial charge in [-0.1, -0.05) is 30.9 Å². The van der Waals surface area contributed by atoms with E-state index in [2.05, 4.69) is 6.58 Å². The van der Waals surface area contributed by atoms with Gasteiger partial charge in [-0.05, 0) is 18.9 Å². The van der Waals surface area contributed by atoms with Gasteiger partial charge in [0.25, 0.3) is 0 Å². The summed E-state index contributed by atoms with van der Waals surface area (Å²) >= 11 is 0. The largest absolute Gasteiger partial charge is 0.203 e. The molecule has 0 nitrogen and oxygen atoms in total. The summed E-state index contributed by atoms with van der Waals surface area (Å²) in [5.41, 5.74) is -0.387. The van der Waals surface area contributed by atoms with Crippen LogP contribution in [-0.2, 0) is 0 Å². The van der Waals surface area contributed by atoms with Crippen LogP contribution in [0.4, 0.5) is 17.6 Å². The fraction of sp³-hybridized carbons (Fsp3) is 0.200. The molecule has 0 saturated carbocycles. The van der Waals surface area contributed by atoms with Gasteiger partial charge in [0, 0.05) is 17.0 Å². The fourth-order valence-corrected chi connectivity index (χ4v) is 2.09. The maximum absolute atomic E-state index is 13.8. The normalized spacial score (nSPS) is 18.4. The monoisotopic (exact) mass is 268 g/mol. The van der Waals surface area contributed by atoms with Crippen molar-refractivity contribution in [2.45, 2.75) is 19.3 Å². The van der Waals surface area contributed by atoms with Crippen molar-refractivity contribution in [2.24, 2.45) is 0 Å². The van der Waals surface area contributed by atoms with Crippen LogP contribution in [0.15, 0.2) is 36.5 Å². The summed E-state index contributed by atoms with van der Waals surface area (Å²) in [6.45, 7) is 4.58. The highest BCUT2D eigenvalue weighted by Crippen LogP contribution is 2.34. The van der Waals surface area contributed by atoms with E-state index in [0.29, 0.717) is 0 Å². The number of rotatable bonds is 2. The van der Waals surface area contributed by atoms with Crippen molar-refractivity contribution in [2.75, 3.05) is 0 Å². The Balaban J connectivity index is 2.51. The maximum atomic E-state index is 13.8. The number of halogens is 4. The summed E-state index contributed by atoms with van der Waals surface area (Å²) in [4.78, 5) is 0. The van der Waals surface area contributed by atoms with Crippen LogP contribution >= 0.6 is 0 Å². The lowest BCUT2D eigenvalue weighted by atomic mass is 9.88. The third-order valence-electron chi connectivity index (χ3n) is 3.25. The Morgan fingerprint density at radius 1 is 1.11 bits per heavy atom. The van der Waals surface area contributed by atoms with Crippen molar-refractivity contribution in [1.29, 1.82) is 0 Å².